The molecule has 1 aliphatic carbocycles. The molecule has 1 unspecified atom stereocenters. The minimum atomic E-state index is -0.969. The fourth-order valence-corrected chi connectivity index (χ4v) is 3.50. The number of nitrogens with one attached hydrogen (secondary N) is 3. The summed E-state index contributed by atoms with van der Waals surface area (Å²) in [5.41, 5.74) is 3.44. The van der Waals surface area contributed by atoms with Crippen LogP contribution in [0.5, 0.6) is 5.75 Å². The number of carbonyl (C=O) groups is 4. The molecule has 1 saturated carbocycles. The first kappa shape index (κ1) is 20.6. The average Bonchev–Trinajstić information content (AvgIpc) is 2.92. The van der Waals surface area contributed by atoms with Crippen LogP contribution in [0.2, 0.25) is 0 Å². The molecule has 3 N–H and O–H groups in total. The second-order valence-electron chi connectivity index (χ2n) is 7.22. The molecule has 1 aromatic carbocycles. The van der Waals surface area contributed by atoms with Gasteiger partial charge in [0.15, 0.2) is 6.10 Å². The number of imide groups is 1. The number of hydrogen-bond donors (Lipinski definition) is 3. The highest BCUT2D eigenvalue weighted by Gasteiger charge is 2.51. The largest absolute Gasteiger partial charge is 0.481 e. The monoisotopic (exact) mass is 406 g/mol. The average molecular weight is 406 g/mol. The first-order valence-corrected chi connectivity index (χ1v) is 9.46. The van der Waals surface area contributed by atoms with Crippen LogP contribution in [0, 0.1) is 5.82 Å². The van der Waals surface area contributed by atoms with Gasteiger partial charge in [-0.3, -0.25) is 30.1 Å². The highest BCUT2D eigenvalue weighted by Crippen LogP contribution is 2.33. The Morgan fingerprint density at radius 2 is 1.83 bits per heavy atom. The zero-order valence-electron chi connectivity index (χ0n) is 16.0. The summed E-state index contributed by atoms with van der Waals surface area (Å²) in [6, 6.07) is 4.52. The van der Waals surface area contributed by atoms with Crippen LogP contribution >= 0.6 is 0 Å². The zero-order valence-corrected chi connectivity index (χ0v) is 16.0. The van der Waals surface area contributed by atoms with Crippen molar-refractivity contribution in [2.45, 2.75) is 50.7 Å². The fraction of sp³-hybridized carbons (Fsp3) is 0.474. The number of ether oxygens (including phenoxy) is 1. The number of halogens is 1. The highest BCUT2D eigenvalue weighted by molar-refractivity contribution is 6.09. The van der Waals surface area contributed by atoms with Gasteiger partial charge >= 0.3 is 6.03 Å². The summed E-state index contributed by atoms with van der Waals surface area (Å²) in [7, 11) is 0. The third kappa shape index (κ3) is 4.64. The molecule has 1 heterocycles. The Hall–Kier alpha value is -3.17. The molecule has 2 aliphatic rings. The SMILES string of the molecule is CC(Oc1ccc(F)cc1)C(=O)NNC(=O)CN1C(=O)NC2(CCCCC2)C1=O. The third-order valence-electron chi connectivity index (χ3n) is 5.08. The zero-order chi connectivity index (χ0) is 21.0. The van der Waals surface area contributed by atoms with Crippen molar-refractivity contribution in [1.29, 1.82) is 0 Å². The predicted molar refractivity (Wildman–Crippen MR) is 98.8 cm³/mol. The smallest absolute Gasteiger partial charge is 0.325 e. The lowest BCUT2D eigenvalue weighted by Gasteiger charge is -2.30. The number of carbonyl (C=O) groups excluding carboxylic acids is 4. The summed E-state index contributed by atoms with van der Waals surface area (Å²) in [6.45, 7) is 0.953. The lowest BCUT2D eigenvalue weighted by Crippen LogP contribution is -2.51. The number of hydrazine groups is 1. The molecule has 1 aliphatic heterocycles. The van der Waals surface area contributed by atoms with E-state index >= 15 is 0 Å². The van der Waals surface area contributed by atoms with Crippen molar-refractivity contribution in [3.8, 4) is 5.75 Å². The maximum Gasteiger partial charge on any atom is 0.325 e. The van der Waals surface area contributed by atoms with Crippen LogP contribution in [-0.4, -0.2) is 46.8 Å². The molecule has 5 amide bonds. The Bertz CT molecular complexity index is 807. The molecule has 1 atom stereocenters. The van der Waals surface area contributed by atoms with E-state index < -0.39 is 47.8 Å². The Kier molecular flexibility index (Phi) is 6.00. The van der Waals surface area contributed by atoms with Crippen LogP contribution in [-0.2, 0) is 14.4 Å². The molecular weight excluding hydrogens is 383 g/mol. The number of hydrogen-bond acceptors (Lipinski definition) is 5. The summed E-state index contributed by atoms with van der Waals surface area (Å²) in [5, 5.41) is 2.71. The van der Waals surface area contributed by atoms with Gasteiger partial charge < -0.3 is 10.1 Å². The summed E-state index contributed by atoms with van der Waals surface area (Å²) in [5.74, 6) is -1.92. The standard InChI is InChI=1S/C19H23FN4O5/c1-12(29-14-7-5-13(20)6-8-14)16(26)23-22-15(25)11-24-17(27)19(21-18(24)28)9-3-2-4-10-19/h5-8,12H,2-4,9-11H2,1H3,(H,21,28)(H,22,25)(H,23,26). The van der Waals surface area contributed by atoms with Gasteiger partial charge in [-0.05, 0) is 44.0 Å². The minimum Gasteiger partial charge on any atom is -0.481 e. The minimum absolute atomic E-state index is 0.289. The van der Waals surface area contributed by atoms with E-state index in [4.69, 9.17) is 4.74 Å². The fourth-order valence-electron chi connectivity index (χ4n) is 3.50. The Morgan fingerprint density at radius 3 is 2.48 bits per heavy atom. The van der Waals surface area contributed by atoms with Gasteiger partial charge in [0, 0.05) is 0 Å². The van der Waals surface area contributed by atoms with Crippen LogP contribution in [0.3, 0.4) is 0 Å². The summed E-state index contributed by atoms with van der Waals surface area (Å²) in [6.07, 6.45) is 2.84. The van der Waals surface area contributed by atoms with Gasteiger partial charge in [-0.15, -0.1) is 0 Å². The molecule has 1 saturated heterocycles. The lowest BCUT2D eigenvalue weighted by atomic mass is 9.82. The summed E-state index contributed by atoms with van der Waals surface area (Å²) < 4.78 is 18.2. The third-order valence-corrected chi connectivity index (χ3v) is 5.08. The van der Waals surface area contributed by atoms with E-state index in [0.29, 0.717) is 12.8 Å². The van der Waals surface area contributed by atoms with E-state index in [1.54, 1.807) is 0 Å². The molecule has 3 rings (SSSR count). The van der Waals surface area contributed by atoms with Crippen LogP contribution < -0.4 is 20.9 Å². The van der Waals surface area contributed by atoms with E-state index in [0.717, 1.165) is 24.2 Å². The van der Waals surface area contributed by atoms with Gasteiger partial charge in [-0.25, -0.2) is 9.18 Å². The Balaban J connectivity index is 1.47. The summed E-state index contributed by atoms with van der Waals surface area (Å²) >= 11 is 0. The van der Waals surface area contributed by atoms with E-state index in [1.165, 1.54) is 31.2 Å². The number of urea groups is 1. The molecule has 0 radical (unpaired) electrons. The van der Waals surface area contributed by atoms with Gasteiger partial charge in [0.2, 0.25) is 0 Å². The van der Waals surface area contributed by atoms with Crippen molar-refractivity contribution in [2.75, 3.05) is 6.54 Å². The van der Waals surface area contributed by atoms with Crippen molar-refractivity contribution in [3.63, 3.8) is 0 Å². The second-order valence-corrected chi connectivity index (χ2v) is 7.22. The maximum atomic E-state index is 12.9. The van der Waals surface area contributed by atoms with E-state index in [1.807, 2.05) is 0 Å². The lowest BCUT2D eigenvalue weighted by molar-refractivity contribution is -0.137. The van der Waals surface area contributed by atoms with Crippen molar-refractivity contribution < 1.29 is 28.3 Å². The molecule has 29 heavy (non-hydrogen) atoms. The van der Waals surface area contributed by atoms with E-state index in [2.05, 4.69) is 16.2 Å². The molecule has 10 heteroatoms. The molecule has 156 valence electrons. The van der Waals surface area contributed by atoms with Crippen LogP contribution in [0.1, 0.15) is 39.0 Å². The van der Waals surface area contributed by atoms with Crippen molar-refractivity contribution in [1.82, 2.24) is 21.1 Å². The normalized spacial score (nSPS) is 18.9. The molecule has 0 aromatic heterocycles. The first-order valence-electron chi connectivity index (χ1n) is 9.46. The molecule has 0 bridgehead atoms. The van der Waals surface area contributed by atoms with Crippen molar-refractivity contribution >= 4 is 23.8 Å². The van der Waals surface area contributed by atoms with Gasteiger partial charge in [0.25, 0.3) is 17.7 Å². The number of nitrogens with zero attached hydrogens (tertiary/aromatic N) is 1. The van der Waals surface area contributed by atoms with Crippen LogP contribution in [0.25, 0.3) is 0 Å². The topological polar surface area (TPSA) is 117 Å². The molecule has 1 spiro atoms. The first-order chi connectivity index (χ1) is 13.8. The van der Waals surface area contributed by atoms with Crippen LogP contribution in [0.4, 0.5) is 9.18 Å². The number of rotatable bonds is 5. The number of benzene rings is 1. The molecular formula is C19H23FN4O5. The maximum absolute atomic E-state index is 12.9. The molecule has 9 nitrogen and oxygen atoms in total. The van der Waals surface area contributed by atoms with E-state index in [-0.39, 0.29) is 5.75 Å². The van der Waals surface area contributed by atoms with Crippen molar-refractivity contribution in [3.05, 3.63) is 30.1 Å². The van der Waals surface area contributed by atoms with Gasteiger partial charge in [-0.1, -0.05) is 19.3 Å². The summed E-state index contributed by atoms with van der Waals surface area (Å²) in [4.78, 5) is 49.8. The van der Waals surface area contributed by atoms with Crippen molar-refractivity contribution in [2.24, 2.45) is 0 Å². The Labute approximate surface area is 166 Å². The van der Waals surface area contributed by atoms with E-state index in [9.17, 15) is 23.6 Å². The van der Waals surface area contributed by atoms with Gasteiger partial charge in [0.1, 0.15) is 23.7 Å². The molecule has 1 aromatic rings. The second kappa shape index (κ2) is 8.46. The van der Waals surface area contributed by atoms with Crippen LogP contribution in [0.15, 0.2) is 24.3 Å². The Morgan fingerprint density at radius 1 is 1.17 bits per heavy atom. The van der Waals surface area contributed by atoms with Gasteiger partial charge in [0.05, 0.1) is 0 Å². The molecule has 2 fully saturated rings. The number of amides is 5. The van der Waals surface area contributed by atoms with Gasteiger partial charge in [-0.2, -0.15) is 0 Å². The highest BCUT2D eigenvalue weighted by atomic mass is 19.1. The predicted octanol–water partition coefficient (Wildman–Crippen LogP) is 0.995. The quantitative estimate of drug-likeness (QED) is 0.498.